The van der Waals surface area contributed by atoms with E-state index in [9.17, 15) is 0 Å². The van der Waals surface area contributed by atoms with Crippen LogP contribution in [0.3, 0.4) is 0 Å². The fourth-order valence-electron chi connectivity index (χ4n) is 3.54. The van der Waals surface area contributed by atoms with Crippen molar-refractivity contribution in [3.8, 4) is 11.5 Å². The molecule has 1 atom stereocenters. The first-order valence-electron chi connectivity index (χ1n) is 9.40. The molecule has 1 fully saturated rings. The van der Waals surface area contributed by atoms with Gasteiger partial charge in [0.1, 0.15) is 17.3 Å². The number of pyridine rings is 1. The molecule has 0 bridgehead atoms. The van der Waals surface area contributed by atoms with Crippen molar-refractivity contribution in [2.45, 2.75) is 32.0 Å². The third-order valence-electron chi connectivity index (χ3n) is 4.89. The van der Waals surface area contributed by atoms with E-state index in [1.807, 2.05) is 37.5 Å². The molecule has 0 amide bonds. The smallest absolute Gasteiger partial charge is 0.130 e. The molecule has 6 nitrogen and oxygen atoms in total. The quantitative estimate of drug-likeness (QED) is 0.730. The molecule has 0 aliphatic carbocycles. The van der Waals surface area contributed by atoms with Crippen LogP contribution in [0.15, 0.2) is 36.5 Å². The summed E-state index contributed by atoms with van der Waals surface area (Å²) in [6.45, 7) is 3.26. The summed E-state index contributed by atoms with van der Waals surface area (Å²) in [5, 5.41) is 3.19. The first-order valence-corrected chi connectivity index (χ1v) is 9.40. The first-order chi connectivity index (χ1) is 13.2. The topological polar surface area (TPSA) is 55.9 Å². The van der Waals surface area contributed by atoms with Crippen LogP contribution in [-0.2, 0) is 17.8 Å². The van der Waals surface area contributed by atoms with Crippen molar-refractivity contribution >= 4 is 5.82 Å². The van der Waals surface area contributed by atoms with Gasteiger partial charge in [-0.05, 0) is 37.1 Å². The van der Waals surface area contributed by atoms with Crippen LogP contribution in [0.2, 0.25) is 0 Å². The molecule has 1 aromatic heterocycles. The lowest BCUT2D eigenvalue weighted by molar-refractivity contribution is 0.0676. The van der Waals surface area contributed by atoms with Gasteiger partial charge in [-0.2, -0.15) is 0 Å². The molecule has 0 unspecified atom stereocenters. The van der Waals surface area contributed by atoms with E-state index in [0.29, 0.717) is 0 Å². The lowest BCUT2D eigenvalue weighted by Gasteiger charge is -2.27. The molecule has 0 radical (unpaired) electrons. The van der Waals surface area contributed by atoms with Crippen LogP contribution < -0.4 is 14.8 Å². The summed E-state index contributed by atoms with van der Waals surface area (Å²) in [5.74, 6) is 2.61. The minimum absolute atomic E-state index is 0.274. The van der Waals surface area contributed by atoms with Crippen LogP contribution in [0.4, 0.5) is 5.82 Å². The third kappa shape index (κ3) is 5.11. The van der Waals surface area contributed by atoms with Gasteiger partial charge >= 0.3 is 0 Å². The maximum absolute atomic E-state index is 5.89. The SMILES string of the molecule is CNc1ncccc1CN(Cc1cc(OC)ccc1OC)C[C@H]1CCCO1. The Bertz CT molecular complexity index is 732. The maximum Gasteiger partial charge on any atom is 0.130 e. The van der Waals surface area contributed by atoms with Crippen molar-refractivity contribution in [1.82, 2.24) is 9.88 Å². The Balaban J connectivity index is 1.83. The first kappa shape index (κ1) is 19.5. The van der Waals surface area contributed by atoms with Gasteiger partial charge in [-0.25, -0.2) is 4.98 Å². The Morgan fingerprint density at radius 3 is 2.74 bits per heavy atom. The second kappa shape index (κ2) is 9.58. The van der Waals surface area contributed by atoms with Crippen LogP contribution in [0.1, 0.15) is 24.0 Å². The van der Waals surface area contributed by atoms with Crippen LogP contribution in [0.5, 0.6) is 11.5 Å². The summed E-state index contributed by atoms with van der Waals surface area (Å²) in [6.07, 6.45) is 4.33. The number of ether oxygens (including phenoxy) is 3. The van der Waals surface area contributed by atoms with Gasteiger partial charge in [0.2, 0.25) is 0 Å². The molecule has 1 aliphatic rings. The predicted octanol–water partition coefficient (Wildman–Crippen LogP) is 3.32. The zero-order chi connectivity index (χ0) is 19.1. The fraction of sp³-hybridized carbons (Fsp3) is 0.476. The summed E-state index contributed by atoms with van der Waals surface area (Å²) >= 11 is 0. The summed E-state index contributed by atoms with van der Waals surface area (Å²) in [4.78, 5) is 6.83. The molecule has 0 spiro atoms. The van der Waals surface area contributed by atoms with Gasteiger partial charge in [-0.15, -0.1) is 0 Å². The van der Waals surface area contributed by atoms with Crippen molar-refractivity contribution in [3.63, 3.8) is 0 Å². The minimum atomic E-state index is 0.274. The largest absolute Gasteiger partial charge is 0.497 e. The van der Waals surface area contributed by atoms with E-state index in [1.54, 1.807) is 14.2 Å². The Hall–Kier alpha value is -2.31. The average molecular weight is 371 g/mol. The number of nitrogens with zero attached hydrogens (tertiary/aromatic N) is 2. The number of rotatable bonds is 9. The molecule has 0 saturated carbocycles. The number of hydrogen-bond donors (Lipinski definition) is 1. The normalized spacial score (nSPS) is 16.5. The molecule has 146 valence electrons. The highest BCUT2D eigenvalue weighted by Crippen LogP contribution is 2.27. The van der Waals surface area contributed by atoms with Crippen molar-refractivity contribution in [1.29, 1.82) is 0 Å². The highest BCUT2D eigenvalue weighted by atomic mass is 16.5. The Morgan fingerprint density at radius 1 is 1.19 bits per heavy atom. The molecule has 2 aromatic rings. The molecule has 1 N–H and O–H groups in total. The fourth-order valence-corrected chi connectivity index (χ4v) is 3.54. The highest BCUT2D eigenvalue weighted by Gasteiger charge is 2.21. The van der Waals surface area contributed by atoms with Gasteiger partial charge in [0, 0.05) is 50.6 Å². The molecule has 6 heteroatoms. The van der Waals surface area contributed by atoms with E-state index in [1.165, 1.54) is 5.56 Å². The molecular formula is C21H29N3O3. The summed E-state index contributed by atoms with van der Waals surface area (Å²) in [7, 11) is 5.29. The van der Waals surface area contributed by atoms with Crippen molar-refractivity contribution in [2.75, 3.05) is 39.7 Å². The van der Waals surface area contributed by atoms with E-state index >= 15 is 0 Å². The third-order valence-corrected chi connectivity index (χ3v) is 4.89. The Kier molecular flexibility index (Phi) is 6.90. The van der Waals surface area contributed by atoms with Gasteiger partial charge < -0.3 is 19.5 Å². The minimum Gasteiger partial charge on any atom is -0.497 e. The van der Waals surface area contributed by atoms with Crippen LogP contribution in [0.25, 0.3) is 0 Å². The number of hydrogen-bond acceptors (Lipinski definition) is 6. The molecular weight excluding hydrogens is 342 g/mol. The average Bonchev–Trinajstić information content (AvgIpc) is 3.21. The van der Waals surface area contributed by atoms with Gasteiger partial charge in [0.15, 0.2) is 0 Å². The zero-order valence-corrected chi connectivity index (χ0v) is 16.4. The van der Waals surface area contributed by atoms with E-state index in [-0.39, 0.29) is 6.10 Å². The second-order valence-corrected chi connectivity index (χ2v) is 6.74. The number of benzene rings is 1. The van der Waals surface area contributed by atoms with Crippen LogP contribution in [-0.4, -0.2) is 50.4 Å². The van der Waals surface area contributed by atoms with E-state index in [0.717, 1.165) is 62.0 Å². The molecule has 27 heavy (non-hydrogen) atoms. The number of aromatic nitrogens is 1. The standard InChI is InChI=1S/C21H29N3O3/c1-22-21-16(6-4-10-23-21)13-24(15-19-7-5-11-27-19)14-17-12-18(25-2)8-9-20(17)26-3/h4,6,8-10,12,19H,5,7,11,13-15H2,1-3H3,(H,22,23)/t19-/m1/s1. The van der Waals surface area contributed by atoms with Gasteiger partial charge in [-0.1, -0.05) is 6.07 Å². The van der Waals surface area contributed by atoms with Crippen LogP contribution in [0, 0.1) is 0 Å². The molecule has 3 rings (SSSR count). The number of anilines is 1. The summed E-state index contributed by atoms with van der Waals surface area (Å²) in [5.41, 5.74) is 2.27. The summed E-state index contributed by atoms with van der Waals surface area (Å²) in [6, 6.07) is 10.0. The second-order valence-electron chi connectivity index (χ2n) is 6.74. The maximum atomic E-state index is 5.89. The van der Waals surface area contributed by atoms with E-state index in [2.05, 4.69) is 21.3 Å². The van der Waals surface area contributed by atoms with Crippen molar-refractivity contribution in [2.24, 2.45) is 0 Å². The van der Waals surface area contributed by atoms with E-state index < -0.39 is 0 Å². The highest BCUT2D eigenvalue weighted by molar-refractivity contribution is 5.43. The molecule has 2 heterocycles. The Morgan fingerprint density at radius 2 is 2.04 bits per heavy atom. The predicted molar refractivity (Wildman–Crippen MR) is 106 cm³/mol. The zero-order valence-electron chi connectivity index (χ0n) is 16.4. The van der Waals surface area contributed by atoms with Crippen molar-refractivity contribution < 1.29 is 14.2 Å². The van der Waals surface area contributed by atoms with E-state index in [4.69, 9.17) is 14.2 Å². The van der Waals surface area contributed by atoms with Crippen molar-refractivity contribution in [3.05, 3.63) is 47.7 Å². The lowest BCUT2D eigenvalue weighted by Crippen LogP contribution is -2.32. The molecule has 1 saturated heterocycles. The number of nitrogens with one attached hydrogen (secondary N) is 1. The molecule has 1 aromatic carbocycles. The van der Waals surface area contributed by atoms with Gasteiger partial charge in [0.05, 0.1) is 20.3 Å². The Labute approximate surface area is 161 Å². The summed E-state index contributed by atoms with van der Waals surface area (Å²) < 4.78 is 16.9. The molecule has 1 aliphatic heterocycles. The van der Waals surface area contributed by atoms with Gasteiger partial charge in [0.25, 0.3) is 0 Å². The number of methoxy groups -OCH3 is 2. The van der Waals surface area contributed by atoms with Crippen LogP contribution >= 0.6 is 0 Å². The monoisotopic (exact) mass is 371 g/mol. The lowest BCUT2D eigenvalue weighted by atomic mass is 10.1. The van der Waals surface area contributed by atoms with Gasteiger partial charge in [-0.3, -0.25) is 4.90 Å².